The van der Waals surface area contributed by atoms with Crippen LogP contribution in [0.1, 0.15) is 24.8 Å². The first-order valence-corrected chi connectivity index (χ1v) is 14.9. The Balaban J connectivity index is 1.42. The zero-order valence-electron chi connectivity index (χ0n) is 20.8. The second-order valence-corrected chi connectivity index (χ2v) is 12.3. The molecule has 1 atom stereocenters. The van der Waals surface area contributed by atoms with Crippen LogP contribution in [0.25, 0.3) is 10.2 Å². The Morgan fingerprint density at radius 3 is 2.65 bits per heavy atom. The number of para-hydroxylation sites is 1. The van der Waals surface area contributed by atoms with Gasteiger partial charge < -0.3 is 4.74 Å². The Morgan fingerprint density at radius 1 is 1.16 bits per heavy atom. The van der Waals surface area contributed by atoms with Crippen LogP contribution in [0.5, 0.6) is 0 Å². The van der Waals surface area contributed by atoms with E-state index in [0.29, 0.717) is 37.7 Å². The SMILES string of the molecule is Cc1cccc2sc(N(CCCN3CCOCC3)C(=O)C3CCCN3S(=O)(=O)c3ccc(F)cc3)nc12. The molecule has 1 aromatic heterocycles. The molecular formula is C26H31FN4O4S2. The van der Waals surface area contributed by atoms with Crippen molar-refractivity contribution in [1.82, 2.24) is 14.2 Å². The van der Waals surface area contributed by atoms with Crippen LogP contribution in [0.4, 0.5) is 9.52 Å². The molecule has 37 heavy (non-hydrogen) atoms. The molecule has 1 amide bonds. The maximum Gasteiger partial charge on any atom is 0.247 e. The third-order valence-corrected chi connectivity index (χ3v) is 9.94. The van der Waals surface area contributed by atoms with Crippen LogP contribution in [0.15, 0.2) is 47.4 Å². The van der Waals surface area contributed by atoms with E-state index in [2.05, 4.69) is 4.90 Å². The van der Waals surface area contributed by atoms with Crippen molar-refractivity contribution in [2.24, 2.45) is 0 Å². The number of ether oxygens (including phenoxy) is 1. The topological polar surface area (TPSA) is 83.0 Å². The lowest BCUT2D eigenvalue weighted by Gasteiger charge is -2.30. The number of sulfonamides is 1. The summed E-state index contributed by atoms with van der Waals surface area (Å²) in [6.07, 6.45) is 1.75. The van der Waals surface area contributed by atoms with Gasteiger partial charge in [-0.05, 0) is 62.1 Å². The average molecular weight is 547 g/mol. The van der Waals surface area contributed by atoms with Crippen LogP contribution < -0.4 is 4.90 Å². The Labute approximate surface area is 220 Å². The molecule has 2 aliphatic heterocycles. The van der Waals surface area contributed by atoms with E-state index in [0.717, 1.165) is 54.0 Å². The number of fused-ring (bicyclic) bond motifs is 1. The van der Waals surface area contributed by atoms with Gasteiger partial charge in [0.15, 0.2) is 5.13 Å². The quantitative estimate of drug-likeness (QED) is 0.429. The molecule has 3 aromatic rings. The van der Waals surface area contributed by atoms with Crippen molar-refractivity contribution in [3.8, 4) is 0 Å². The molecule has 0 bridgehead atoms. The molecule has 2 aliphatic rings. The molecule has 0 N–H and O–H groups in total. The molecule has 198 valence electrons. The van der Waals surface area contributed by atoms with Gasteiger partial charge in [0.1, 0.15) is 11.9 Å². The number of amides is 1. The Hall–Kier alpha value is -2.44. The summed E-state index contributed by atoms with van der Waals surface area (Å²) in [6.45, 7) is 6.63. The Bertz CT molecular complexity index is 1360. The standard InChI is InChI=1S/C26H31FN4O4S2/c1-19-5-2-7-23-24(19)28-26(36-23)30(13-4-12-29-15-17-35-18-16-29)25(32)22-6-3-14-31(22)37(33,34)21-10-8-20(27)9-11-21/h2,5,7-11,22H,3-4,6,12-18H2,1H3. The number of carbonyl (C=O) groups excluding carboxylic acids is 1. The van der Waals surface area contributed by atoms with Gasteiger partial charge in [-0.1, -0.05) is 23.5 Å². The highest BCUT2D eigenvalue weighted by atomic mass is 32.2. The van der Waals surface area contributed by atoms with E-state index in [1.54, 1.807) is 4.90 Å². The highest BCUT2D eigenvalue weighted by Crippen LogP contribution is 2.34. The lowest BCUT2D eigenvalue weighted by molar-refractivity contribution is -0.121. The van der Waals surface area contributed by atoms with E-state index < -0.39 is 21.9 Å². The zero-order chi connectivity index (χ0) is 26.0. The largest absolute Gasteiger partial charge is 0.379 e. The summed E-state index contributed by atoms with van der Waals surface area (Å²) in [4.78, 5) is 22.8. The molecule has 0 spiro atoms. The van der Waals surface area contributed by atoms with Crippen LogP contribution in [0.2, 0.25) is 0 Å². The fraction of sp³-hybridized carbons (Fsp3) is 0.462. The molecule has 1 unspecified atom stereocenters. The third-order valence-electron chi connectivity index (χ3n) is 6.98. The molecule has 8 nitrogen and oxygen atoms in total. The molecule has 2 aromatic carbocycles. The maximum atomic E-state index is 14.0. The van der Waals surface area contributed by atoms with Gasteiger partial charge in [0, 0.05) is 32.7 Å². The van der Waals surface area contributed by atoms with Gasteiger partial charge in [0.05, 0.1) is 28.3 Å². The molecule has 2 saturated heterocycles. The minimum atomic E-state index is -3.95. The number of hydrogen-bond acceptors (Lipinski definition) is 7. The van der Waals surface area contributed by atoms with Gasteiger partial charge in [-0.15, -0.1) is 0 Å². The van der Waals surface area contributed by atoms with Crippen LogP contribution in [-0.2, 0) is 19.6 Å². The van der Waals surface area contributed by atoms with Gasteiger partial charge in [-0.2, -0.15) is 4.31 Å². The summed E-state index contributed by atoms with van der Waals surface area (Å²) in [5, 5.41) is 0.585. The lowest BCUT2D eigenvalue weighted by atomic mass is 10.2. The molecule has 0 aliphatic carbocycles. The van der Waals surface area contributed by atoms with Gasteiger partial charge in [0.25, 0.3) is 0 Å². The highest BCUT2D eigenvalue weighted by molar-refractivity contribution is 7.89. The molecule has 3 heterocycles. The Kier molecular flexibility index (Phi) is 7.87. The van der Waals surface area contributed by atoms with E-state index in [9.17, 15) is 17.6 Å². The molecule has 5 rings (SSSR count). The van der Waals surface area contributed by atoms with Crippen molar-refractivity contribution in [3.63, 3.8) is 0 Å². The van der Waals surface area contributed by atoms with E-state index >= 15 is 0 Å². The fourth-order valence-electron chi connectivity index (χ4n) is 4.96. The summed E-state index contributed by atoms with van der Waals surface area (Å²) in [5.41, 5.74) is 1.89. The number of hydrogen-bond donors (Lipinski definition) is 0. The third kappa shape index (κ3) is 5.56. The lowest BCUT2D eigenvalue weighted by Crippen LogP contribution is -2.48. The molecule has 11 heteroatoms. The van der Waals surface area contributed by atoms with Crippen molar-refractivity contribution in [2.75, 3.05) is 50.8 Å². The first-order chi connectivity index (χ1) is 17.8. The normalized spacial score (nSPS) is 19.5. The number of thiazole rings is 1. The summed E-state index contributed by atoms with van der Waals surface area (Å²) >= 11 is 1.45. The van der Waals surface area contributed by atoms with Gasteiger partial charge in [-0.25, -0.2) is 17.8 Å². The number of rotatable bonds is 8. The molecular weight excluding hydrogens is 515 g/mol. The van der Waals surface area contributed by atoms with Crippen LogP contribution in [0.3, 0.4) is 0 Å². The second kappa shape index (κ2) is 11.1. The smallest absolute Gasteiger partial charge is 0.247 e. The number of halogens is 1. The van der Waals surface area contributed by atoms with Crippen molar-refractivity contribution in [3.05, 3.63) is 53.8 Å². The summed E-state index contributed by atoms with van der Waals surface area (Å²) in [5.74, 6) is -0.771. The van der Waals surface area contributed by atoms with Crippen molar-refractivity contribution >= 4 is 42.6 Å². The van der Waals surface area contributed by atoms with E-state index in [1.165, 1.54) is 27.8 Å². The van der Waals surface area contributed by atoms with Gasteiger partial charge in [-0.3, -0.25) is 14.6 Å². The first-order valence-electron chi connectivity index (χ1n) is 12.6. The summed E-state index contributed by atoms with van der Waals surface area (Å²) < 4.78 is 48.0. The number of anilines is 1. The highest BCUT2D eigenvalue weighted by Gasteiger charge is 2.42. The number of nitrogens with zero attached hydrogens (tertiary/aromatic N) is 4. The molecule has 0 radical (unpaired) electrons. The zero-order valence-corrected chi connectivity index (χ0v) is 22.4. The predicted octanol–water partition coefficient (Wildman–Crippen LogP) is 3.65. The number of benzene rings is 2. The van der Waals surface area contributed by atoms with Crippen molar-refractivity contribution < 1.29 is 22.3 Å². The minimum Gasteiger partial charge on any atom is -0.379 e. The Morgan fingerprint density at radius 2 is 1.92 bits per heavy atom. The molecule has 2 fully saturated rings. The first kappa shape index (κ1) is 26.2. The number of morpholine rings is 1. The van der Waals surface area contributed by atoms with Crippen LogP contribution in [-0.4, -0.2) is 80.5 Å². The maximum absolute atomic E-state index is 14.0. The second-order valence-electron chi connectivity index (χ2n) is 9.44. The number of carbonyl (C=O) groups is 1. The van der Waals surface area contributed by atoms with Crippen LogP contribution >= 0.6 is 11.3 Å². The number of aromatic nitrogens is 1. The van der Waals surface area contributed by atoms with Crippen molar-refractivity contribution in [1.29, 1.82) is 0 Å². The van der Waals surface area contributed by atoms with Crippen LogP contribution in [0, 0.1) is 12.7 Å². The fourth-order valence-corrected chi connectivity index (χ4v) is 7.69. The average Bonchev–Trinajstić information content (AvgIpc) is 3.56. The minimum absolute atomic E-state index is 0.0110. The van der Waals surface area contributed by atoms with Gasteiger partial charge >= 0.3 is 0 Å². The molecule has 0 saturated carbocycles. The van der Waals surface area contributed by atoms with E-state index in [-0.39, 0.29) is 17.3 Å². The van der Waals surface area contributed by atoms with Gasteiger partial charge in [0.2, 0.25) is 15.9 Å². The van der Waals surface area contributed by atoms with E-state index in [1.807, 2.05) is 25.1 Å². The number of aryl methyl sites for hydroxylation is 1. The van der Waals surface area contributed by atoms with E-state index in [4.69, 9.17) is 9.72 Å². The summed E-state index contributed by atoms with van der Waals surface area (Å²) in [6, 6.07) is 9.87. The summed E-state index contributed by atoms with van der Waals surface area (Å²) in [7, 11) is -3.95. The van der Waals surface area contributed by atoms with Crippen molar-refractivity contribution in [2.45, 2.75) is 37.1 Å². The monoisotopic (exact) mass is 546 g/mol. The predicted molar refractivity (Wildman–Crippen MR) is 142 cm³/mol.